The Kier molecular flexibility index (Phi) is 6.40. The molecule has 2 rings (SSSR count). The van der Waals surface area contributed by atoms with Gasteiger partial charge < -0.3 is 15.2 Å². The first-order valence-electron chi connectivity index (χ1n) is 8.13. The van der Waals surface area contributed by atoms with E-state index >= 15 is 0 Å². The Labute approximate surface area is 157 Å². The van der Waals surface area contributed by atoms with Crippen LogP contribution in [0.25, 0.3) is 0 Å². The first-order valence-corrected chi connectivity index (χ1v) is 9.62. The summed E-state index contributed by atoms with van der Waals surface area (Å²) in [7, 11) is -3.98. The lowest BCUT2D eigenvalue weighted by atomic mass is 10.2. The summed E-state index contributed by atoms with van der Waals surface area (Å²) >= 11 is 0. The molecule has 144 valence electrons. The van der Waals surface area contributed by atoms with Gasteiger partial charge in [0.2, 0.25) is 5.91 Å². The average molecular weight is 392 g/mol. The molecule has 0 spiro atoms. The van der Waals surface area contributed by atoms with Gasteiger partial charge in [-0.05, 0) is 48.9 Å². The van der Waals surface area contributed by atoms with Crippen molar-refractivity contribution in [2.45, 2.75) is 25.2 Å². The van der Waals surface area contributed by atoms with Crippen molar-refractivity contribution in [3.8, 4) is 5.75 Å². The summed E-state index contributed by atoms with van der Waals surface area (Å²) in [5.74, 6) is -1.22. The molecule has 0 aliphatic carbocycles. The number of ether oxygens (including phenoxy) is 1. The zero-order valence-corrected chi connectivity index (χ0v) is 15.7. The molecule has 0 radical (unpaired) electrons. The summed E-state index contributed by atoms with van der Waals surface area (Å²) in [6.45, 7) is 3.60. The standard InChI is InChI=1S/C18H20N2O6S/c1-3-10-26-17-9-4-13(18(22)23)11-16(17)20-27(24,25)15-7-5-14(6-8-15)19-12(2)21/h4-9,11,20H,3,10H2,1-2H3,(H,19,21)(H,22,23). The molecule has 3 N–H and O–H groups in total. The average Bonchev–Trinajstić information content (AvgIpc) is 2.60. The van der Waals surface area contributed by atoms with Gasteiger partial charge in [-0.1, -0.05) is 6.92 Å². The summed E-state index contributed by atoms with van der Waals surface area (Å²) in [6, 6.07) is 9.54. The van der Waals surface area contributed by atoms with Crippen LogP contribution in [0.3, 0.4) is 0 Å². The molecular formula is C18H20N2O6S. The van der Waals surface area contributed by atoms with Crippen LogP contribution in [-0.4, -0.2) is 32.0 Å². The van der Waals surface area contributed by atoms with E-state index < -0.39 is 16.0 Å². The number of benzene rings is 2. The zero-order chi connectivity index (χ0) is 20.0. The number of nitrogens with one attached hydrogen (secondary N) is 2. The van der Waals surface area contributed by atoms with Crippen LogP contribution in [0.15, 0.2) is 47.4 Å². The lowest BCUT2D eigenvalue weighted by molar-refractivity contribution is -0.114. The van der Waals surface area contributed by atoms with E-state index in [1.54, 1.807) is 0 Å². The summed E-state index contributed by atoms with van der Waals surface area (Å²) in [5.41, 5.74) is 0.424. The molecule has 0 aromatic heterocycles. The zero-order valence-electron chi connectivity index (χ0n) is 14.9. The van der Waals surface area contributed by atoms with Crippen molar-refractivity contribution in [2.75, 3.05) is 16.6 Å². The Morgan fingerprint density at radius 1 is 1.11 bits per heavy atom. The highest BCUT2D eigenvalue weighted by Crippen LogP contribution is 2.29. The van der Waals surface area contributed by atoms with E-state index in [0.29, 0.717) is 18.7 Å². The lowest BCUT2D eigenvalue weighted by Crippen LogP contribution is -2.15. The molecule has 0 aliphatic heterocycles. The van der Waals surface area contributed by atoms with Crippen molar-refractivity contribution in [1.82, 2.24) is 0 Å². The lowest BCUT2D eigenvalue weighted by Gasteiger charge is -2.14. The van der Waals surface area contributed by atoms with Crippen LogP contribution in [-0.2, 0) is 14.8 Å². The molecule has 0 heterocycles. The van der Waals surface area contributed by atoms with Gasteiger partial charge >= 0.3 is 5.97 Å². The van der Waals surface area contributed by atoms with E-state index in [2.05, 4.69) is 10.0 Å². The maximum Gasteiger partial charge on any atom is 0.335 e. The smallest absolute Gasteiger partial charge is 0.335 e. The Hall–Kier alpha value is -3.07. The fraction of sp³-hybridized carbons (Fsp3) is 0.222. The number of carbonyl (C=O) groups excluding carboxylic acids is 1. The van der Waals surface area contributed by atoms with Crippen LogP contribution < -0.4 is 14.8 Å². The Morgan fingerprint density at radius 2 is 1.78 bits per heavy atom. The number of carbonyl (C=O) groups is 2. The minimum Gasteiger partial charge on any atom is -0.491 e. The van der Waals surface area contributed by atoms with Crippen molar-refractivity contribution in [1.29, 1.82) is 0 Å². The highest BCUT2D eigenvalue weighted by molar-refractivity contribution is 7.92. The summed E-state index contributed by atoms with van der Waals surface area (Å²) < 4.78 is 33.1. The number of anilines is 2. The minimum absolute atomic E-state index is 0.0364. The third-order valence-electron chi connectivity index (χ3n) is 3.42. The molecule has 2 aromatic carbocycles. The van der Waals surface area contributed by atoms with E-state index in [-0.39, 0.29) is 27.8 Å². The van der Waals surface area contributed by atoms with Gasteiger partial charge in [-0.3, -0.25) is 9.52 Å². The molecule has 0 atom stereocenters. The van der Waals surface area contributed by atoms with Gasteiger partial charge in [0.15, 0.2) is 0 Å². The highest BCUT2D eigenvalue weighted by Gasteiger charge is 2.18. The maximum absolute atomic E-state index is 12.6. The molecular weight excluding hydrogens is 372 g/mol. The molecule has 0 saturated carbocycles. The van der Waals surface area contributed by atoms with Gasteiger partial charge in [0.25, 0.3) is 10.0 Å². The van der Waals surface area contributed by atoms with Crippen LogP contribution in [0.2, 0.25) is 0 Å². The van der Waals surface area contributed by atoms with Crippen molar-refractivity contribution >= 4 is 33.3 Å². The van der Waals surface area contributed by atoms with Gasteiger partial charge in [-0.2, -0.15) is 0 Å². The second kappa shape index (κ2) is 8.54. The van der Waals surface area contributed by atoms with Gasteiger partial charge in [-0.25, -0.2) is 13.2 Å². The molecule has 1 amide bonds. The first-order chi connectivity index (χ1) is 12.7. The highest BCUT2D eigenvalue weighted by atomic mass is 32.2. The van der Waals surface area contributed by atoms with Crippen molar-refractivity contribution in [3.63, 3.8) is 0 Å². The van der Waals surface area contributed by atoms with Crippen LogP contribution in [0.5, 0.6) is 5.75 Å². The van der Waals surface area contributed by atoms with E-state index in [4.69, 9.17) is 9.84 Å². The van der Waals surface area contributed by atoms with Gasteiger partial charge in [0.1, 0.15) is 5.75 Å². The predicted molar refractivity (Wildman–Crippen MR) is 101 cm³/mol. The Morgan fingerprint density at radius 3 is 2.33 bits per heavy atom. The molecule has 8 nitrogen and oxygen atoms in total. The predicted octanol–water partition coefficient (Wildman–Crippen LogP) is 2.93. The summed E-state index contributed by atoms with van der Waals surface area (Å²) in [4.78, 5) is 22.2. The van der Waals surface area contributed by atoms with Gasteiger partial charge in [-0.15, -0.1) is 0 Å². The maximum atomic E-state index is 12.6. The van der Waals surface area contributed by atoms with Crippen LogP contribution >= 0.6 is 0 Å². The van der Waals surface area contributed by atoms with Gasteiger partial charge in [0.05, 0.1) is 22.8 Å². The number of carboxylic acids is 1. The van der Waals surface area contributed by atoms with E-state index in [9.17, 15) is 18.0 Å². The molecule has 9 heteroatoms. The van der Waals surface area contributed by atoms with E-state index in [0.717, 1.165) is 0 Å². The molecule has 0 fully saturated rings. The topological polar surface area (TPSA) is 122 Å². The SMILES string of the molecule is CCCOc1ccc(C(=O)O)cc1NS(=O)(=O)c1ccc(NC(C)=O)cc1. The molecule has 0 unspecified atom stereocenters. The summed E-state index contributed by atoms with van der Waals surface area (Å²) in [5, 5.41) is 11.7. The molecule has 0 aliphatic rings. The van der Waals surface area contributed by atoms with E-state index in [1.807, 2.05) is 6.92 Å². The van der Waals surface area contributed by atoms with Crippen molar-refractivity contribution in [2.24, 2.45) is 0 Å². The fourth-order valence-corrected chi connectivity index (χ4v) is 3.27. The van der Waals surface area contributed by atoms with Gasteiger partial charge in [0, 0.05) is 12.6 Å². The largest absolute Gasteiger partial charge is 0.491 e. The molecule has 27 heavy (non-hydrogen) atoms. The fourth-order valence-electron chi connectivity index (χ4n) is 2.21. The first kappa shape index (κ1) is 20.2. The minimum atomic E-state index is -3.98. The number of hydrogen-bond acceptors (Lipinski definition) is 5. The van der Waals surface area contributed by atoms with E-state index in [1.165, 1.54) is 49.4 Å². The van der Waals surface area contributed by atoms with Crippen molar-refractivity contribution in [3.05, 3.63) is 48.0 Å². The van der Waals surface area contributed by atoms with Crippen LogP contribution in [0.1, 0.15) is 30.6 Å². The molecule has 2 aromatic rings. The summed E-state index contributed by atoms with van der Waals surface area (Å²) in [6.07, 6.45) is 0.706. The second-order valence-electron chi connectivity index (χ2n) is 5.68. The number of carboxylic acid groups (broad SMARTS) is 1. The number of sulfonamides is 1. The second-order valence-corrected chi connectivity index (χ2v) is 7.36. The third-order valence-corrected chi connectivity index (χ3v) is 4.80. The molecule has 0 saturated heterocycles. The van der Waals surface area contributed by atoms with Crippen LogP contribution in [0.4, 0.5) is 11.4 Å². The van der Waals surface area contributed by atoms with Crippen LogP contribution in [0, 0.1) is 0 Å². The number of rotatable bonds is 8. The monoisotopic (exact) mass is 392 g/mol. The number of amides is 1. The quantitative estimate of drug-likeness (QED) is 0.635. The molecule has 0 bridgehead atoms. The number of hydrogen-bond donors (Lipinski definition) is 3. The normalized spacial score (nSPS) is 10.9. The Balaban J connectivity index is 2.33. The number of aromatic carboxylic acids is 1. The van der Waals surface area contributed by atoms with Crippen molar-refractivity contribution < 1.29 is 27.9 Å². The third kappa shape index (κ3) is 5.45. The Bertz CT molecular complexity index is 939.